The number of fused-ring (bicyclic) bond motifs is 1. The van der Waals surface area contributed by atoms with Crippen LogP contribution in [-0.2, 0) is 17.5 Å². The molecule has 1 aliphatic rings. The van der Waals surface area contributed by atoms with Crippen molar-refractivity contribution in [1.29, 1.82) is 0 Å². The molecule has 2 heterocycles. The van der Waals surface area contributed by atoms with Crippen molar-refractivity contribution in [3.05, 3.63) is 29.2 Å². The summed E-state index contributed by atoms with van der Waals surface area (Å²) in [6.45, 7) is 4.89. The SMILES string of the molecule is CNCc1cc(C(F)(F)F)c2oc(C(C)C)nc2c1.O=C1CCCN1. The summed E-state index contributed by atoms with van der Waals surface area (Å²) in [6.07, 6.45) is -2.69. The van der Waals surface area contributed by atoms with E-state index in [-0.39, 0.29) is 22.9 Å². The Balaban J connectivity index is 0.000000316. The van der Waals surface area contributed by atoms with E-state index < -0.39 is 11.7 Å². The van der Waals surface area contributed by atoms with E-state index in [2.05, 4.69) is 15.6 Å². The summed E-state index contributed by atoms with van der Waals surface area (Å²) >= 11 is 0. The fourth-order valence-electron chi connectivity index (χ4n) is 2.44. The molecule has 0 radical (unpaired) electrons. The summed E-state index contributed by atoms with van der Waals surface area (Å²) < 4.78 is 44.4. The first-order valence-electron chi connectivity index (χ1n) is 8.14. The maximum absolute atomic E-state index is 13.0. The summed E-state index contributed by atoms with van der Waals surface area (Å²) in [5.74, 6) is 0.471. The van der Waals surface area contributed by atoms with Gasteiger partial charge in [-0.25, -0.2) is 4.98 Å². The number of nitrogens with zero attached hydrogens (tertiary/aromatic N) is 1. The van der Waals surface area contributed by atoms with Crippen LogP contribution in [-0.4, -0.2) is 24.5 Å². The number of alkyl halides is 3. The van der Waals surface area contributed by atoms with Crippen LogP contribution >= 0.6 is 0 Å². The molecular weight excluding hydrogens is 335 g/mol. The third-order valence-corrected chi connectivity index (χ3v) is 3.65. The lowest BCUT2D eigenvalue weighted by molar-refractivity contribution is -0.137. The molecule has 0 saturated carbocycles. The predicted octanol–water partition coefficient (Wildman–Crippen LogP) is 3.59. The largest absolute Gasteiger partial charge is 0.440 e. The van der Waals surface area contributed by atoms with Gasteiger partial charge in [0.05, 0.1) is 0 Å². The number of hydrogen-bond donors (Lipinski definition) is 2. The molecular formula is C17H22F3N3O2. The Labute approximate surface area is 144 Å². The van der Waals surface area contributed by atoms with Gasteiger partial charge in [0.2, 0.25) is 5.91 Å². The zero-order valence-corrected chi connectivity index (χ0v) is 14.5. The number of nitrogens with one attached hydrogen (secondary N) is 2. The molecule has 25 heavy (non-hydrogen) atoms. The van der Waals surface area contributed by atoms with Crippen LogP contribution in [0.2, 0.25) is 0 Å². The highest BCUT2D eigenvalue weighted by Gasteiger charge is 2.35. The van der Waals surface area contributed by atoms with Crippen molar-refractivity contribution in [1.82, 2.24) is 15.6 Å². The minimum Gasteiger partial charge on any atom is -0.440 e. The van der Waals surface area contributed by atoms with Crippen molar-refractivity contribution in [2.24, 2.45) is 0 Å². The molecule has 0 unspecified atom stereocenters. The number of hydrogen-bond acceptors (Lipinski definition) is 4. The highest BCUT2D eigenvalue weighted by Crippen LogP contribution is 2.36. The second-order valence-electron chi connectivity index (χ2n) is 6.18. The zero-order valence-electron chi connectivity index (χ0n) is 14.5. The number of carbonyl (C=O) groups is 1. The Morgan fingerprint density at radius 2 is 2.08 bits per heavy atom. The van der Waals surface area contributed by atoms with Crippen LogP contribution in [0.25, 0.3) is 11.1 Å². The lowest BCUT2D eigenvalue weighted by Crippen LogP contribution is -2.12. The lowest BCUT2D eigenvalue weighted by atomic mass is 10.1. The molecule has 0 aliphatic carbocycles. The molecule has 138 valence electrons. The van der Waals surface area contributed by atoms with E-state index in [0.717, 1.165) is 25.5 Å². The van der Waals surface area contributed by atoms with E-state index in [1.807, 2.05) is 13.8 Å². The predicted molar refractivity (Wildman–Crippen MR) is 88.1 cm³/mol. The highest BCUT2D eigenvalue weighted by atomic mass is 19.4. The van der Waals surface area contributed by atoms with Crippen LogP contribution < -0.4 is 10.6 Å². The van der Waals surface area contributed by atoms with Crippen LogP contribution in [0.15, 0.2) is 16.5 Å². The summed E-state index contributed by atoms with van der Waals surface area (Å²) in [5.41, 5.74) is -0.166. The minimum absolute atomic E-state index is 0.0544. The third-order valence-electron chi connectivity index (χ3n) is 3.65. The first-order valence-corrected chi connectivity index (χ1v) is 8.14. The molecule has 8 heteroatoms. The summed E-state index contributed by atoms with van der Waals surface area (Å²) in [6, 6.07) is 2.73. The fourth-order valence-corrected chi connectivity index (χ4v) is 2.44. The van der Waals surface area contributed by atoms with Gasteiger partial charge in [-0.1, -0.05) is 13.8 Å². The Kier molecular flexibility index (Phi) is 6.05. The van der Waals surface area contributed by atoms with Gasteiger partial charge < -0.3 is 15.1 Å². The van der Waals surface area contributed by atoms with Crippen LogP contribution in [0.4, 0.5) is 13.2 Å². The van der Waals surface area contributed by atoms with Gasteiger partial charge in [-0.2, -0.15) is 13.2 Å². The van der Waals surface area contributed by atoms with Gasteiger partial charge >= 0.3 is 6.18 Å². The molecule has 1 saturated heterocycles. The molecule has 1 aromatic carbocycles. The maximum Gasteiger partial charge on any atom is 0.420 e. The van der Waals surface area contributed by atoms with Crippen LogP contribution in [0.5, 0.6) is 0 Å². The molecule has 5 nitrogen and oxygen atoms in total. The van der Waals surface area contributed by atoms with E-state index in [0.29, 0.717) is 18.0 Å². The van der Waals surface area contributed by atoms with Crippen molar-refractivity contribution >= 4 is 17.0 Å². The zero-order chi connectivity index (χ0) is 18.6. The molecule has 1 fully saturated rings. The number of aromatic nitrogens is 1. The first-order chi connectivity index (χ1) is 11.7. The van der Waals surface area contributed by atoms with Gasteiger partial charge in [0.25, 0.3) is 0 Å². The smallest absolute Gasteiger partial charge is 0.420 e. The second kappa shape index (κ2) is 7.86. The minimum atomic E-state index is -4.45. The van der Waals surface area contributed by atoms with Crippen LogP contribution in [0.3, 0.4) is 0 Å². The fraction of sp³-hybridized carbons (Fsp3) is 0.529. The molecule has 0 atom stereocenters. The van der Waals surface area contributed by atoms with E-state index in [1.165, 1.54) is 0 Å². The molecule has 1 aromatic heterocycles. The summed E-state index contributed by atoms with van der Waals surface area (Å²) in [4.78, 5) is 14.3. The molecule has 2 N–H and O–H groups in total. The topological polar surface area (TPSA) is 67.2 Å². The van der Waals surface area contributed by atoms with Gasteiger partial charge in [0.15, 0.2) is 11.5 Å². The van der Waals surface area contributed by atoms with Crippen LogP contribution in [0.1, 0.15) is 49.6 Å². The number of benzene rings is 1. The molecule has 1 amide bonds. The molecule has 3 rings (SSSR count). The van der Waals surface area contributed by atoms with E-state index in [4.69, 9.17) is 4.42 Å². The van der Waals surface area contributed by atoms with Gasteiger partial charge in [-0.05, 0) is 31.2 Å². The van der Waals surface area contributed by atoms with Gasteiger partial charge in [-0.3, -0.25) is 4.79 Å². The number of carbonyl (C=O) groups excluding carboxylic acids is 1. The Hall–Kier alpha value is -2.09. The third kappa shape index (κ3) is 4.94. The molecule has 1 aliphatic heterocycles. The summed E-state index contributed by atoms with van der Waals surface area (Å²) in [5, 5.41) is 5.51. The first kappa shape index (κ1) is 19.2. The van der Waals surface area contributed by atoms with Gasteiger partial charge in [0, 0.05) is 25.4 Å². The van der Waals surface area contributed by atoms with E-state index in [9.17, 15) is 18.0 Å². The lowest BCUT2D eigenvalue weighted by Gasteiger charge is -2.09. The number of oxazole rings is 1. The number of rotatable bonds is 3. The van der Waals surface area contributed by atoms with Gasteiger partial charge in [0.1, 0.15) is 11.1 Å². The second-order valence-corrected chi connectivity index (χ2v) is 6.18. The van der Waals surface area contributed by atoms with Crippen LogP contribution in [0, 0.1) is 0 Å². The molecule has 2 aromatic rings. The monoisotopic (exact) mass is 357 g/mol. The van der Waals surface area contributed by atoms with E-state index in [1.54, 1.807) is 13.1 Å². The van der Waals surface area contributed by atoms with Crippen molar-refractivity contribution in [3.8, 4) is 0 Å². The highest BCUT2D eigenvalue weighted by molar-refractivity contribution is 5.78. The van der Waals surface area contributed by atoms with Crippen molar-refractivity contribution in [3.63, 3.8) is 0 Å². The average Bonchev–Trinajstić information content (AvgIpc) is 3.15. The summed E-state index contributed by atoms with van der Waals surface area (Å²) in [7, 11) is 1.68. The molecule has 0 bridgehead atoms. The quantitative estimate of drug-likeness (QED) is 0.881. The Bertz CT molecular complexity index is 731. The Morgan fingerprint density at radius 1 is 1.36 bits per heavy atom. The maximum atomic E-state index is 13.0. The average molecular weight is 357 g/mol. The van der Waals surface area contributed by atoms with E-state index >= 15 is 0 Å². The van der Waals surface area contributed by atoms with Crippen molar-refractivity contribution in [2.75, 3.05) is 13.6 Å². The normalized spacial score (nSPS) is 14.6. The van der Waals surface area contributed by atoms with Gasteiger partial charge in [-0.15, -0.1) is 0 Å². The van der Waals surface area contributed by atoms with Crippen molar-refractivity contribution < 1.29 is 22.4 Å². The number of halogens is 3. The number of amides is 1. The standard InChI is InChI=1S/C13H15F3N2O.C4H7NO/c1-7(2)12-18-10-5-8(6-17-3)4-9(11(10)19-12)13(14,15)16;6-4-2-1-3-5-4/h4-5,7,17H,6H2,1-3H3;1-3H2,(H,5,6). The molecule has 0 spiro atoms. The van der Waals surface area contributed by atoms with Crippen molar-refractivity contribution in [2.45, 2.75) is 45.3 Å². The Morgan fingerprint density at radius 3 is 2.52 bits per heavy atom.